The minimum atomic E-state index is 0.320. The molecule has 1 amide bonds. The van der Waals surface area contributed by atoms with Gasteiger partial charge in [-0.2, -0.15) is 0 Å². The smallest absolute Gasteiger partial charge is 0.223 e. The van der Waals surface area contributed by atoms with Crippen LogP contribution >= 0.6 is 11.3 Å². The van der Waals surface area contributed by atoms with Crippen LogP contribution < -0.4 is 5.32 Å². The molecular weight excluding hydrogens is 292 g/mol. The molecule has 0 aromatic carbocycles. The summed E-state index contributed by atoms with van der Waals surface area (Å²) in [4.78, 5) is 16.6. The van der Waals surface area contributed by atoms with Gasteiger partial charge in [-0.15, -0.1) is 11.3 Å². The largest absolute Gasteiger partial charge is 0.335 e. The van der Waals surface area contributed by atoms with E-state index in [2.05, 4.69) is 28.6 Å². The Labute approximate surface area is 137 Å². The van der Waals surface area contributed by atoms with E-state index in [4.69, 9.17) is 0 Å². The van der Waals surface area contributed by atoms with E-state index in [9.17, 15) is 4.79 Å². The average molecular weight is 318 g/mol. The van der Waals surface area contributed by atoms with Gasteiger partial charge >= 0.3 is 0 Å². The van der Waals surface area contributed by atoms with Gasteiger partial charge in [0.25, 0.3) is 0 Å². The lowest BCUT2D eigenvalue weighted by Crippen LogP contribution is -2.43. The number of nitrogens with zero attached hydrogens (tertiary/aromatic N) is 1. The third-order valence-electron chi connectivity index (χ3n) is 5.84. The molecule has 2 fully saturated rings. The van der Waals surface area contributed by atoms with Gasteiger partial charge in [0.05, 0.1) is 6.04 Å². The number of thiophene rings is 1. The van der Waals surface area contributed by atoms with Gasteiger partial charge in [0, 0.05) is 29.9 Å². The third-order valence-corrected chi connectivity index (χ3v) is 6.83. The number of piperidine rings is 1. The van der Waals surface area contributed by atoms with E-state index < -0.39 is 0 Å². The first-order chi connectivity index (χ1) is 10.7. The van der Waals surface area contributed by atoms with Gasteiger partial charge in [0.1, 0.15) is 0 Å². The maximum atomic E-state index is 12.9. The first kappa shape index (κ1) is 14.7. The predicted octanol–water partition coefficient (Wildman–Crippen LogP) is 3.50. The number of hydrogen-bond acceptors (Lipinski definition) is 3. The zero-order valence-electron chi connectivity index (χ0n) is 13.4. The zero-order valence-corrected chi connectivity index (χ0v) is 14.2. The summed E-state index contributed by atoms with van der Waals surface area (Å²) in [6.07, 6.45) is 7.89. The Bertz CT molecular complexity index is 543. The highest BCUT2D eigenvalue weighted by molar-refractivity contribution is 7.10. The van der Waals surface area contributed by atoms with E-state index in [1.165, 1.54) is 36.1 Å². The number of rotatable bonds is 3. The van der Waals surface area contributed by atoms with Crippen LogP contribution in [0, 0.1) is 5.92 Å². The van der Waals surface area contributed by atoms with Crippen LogP contribution in [0.15, 0.2) is 11.4 Å². The highest BCUT2D eigenvalue weighted by Crippen LogP contribution is 2.37. The van der Waals surface area contributed by atoms with Crippen molar-refractivity contribution in [2.45, 2.75) is 70.0 Å². The molecule has 4 heterocycles. The lowest BCUT2D eigenvalue weighted by molar-refractivity contribution is -0.135. The molecule has 4 rings (SSSR count). The standard InChI is InChI=1S/C18H26N2OS/c1-2-16-15-6-8-22-17(15)5-7-20(16)18(21)11-12-9-13-3-4-14(10-12)19-13/h6,8,12-14,16,19H,2-5,7,9-11H2,1H3. The number of carbonyl (C=O) groups is 1. The summed E-state index contributed by atoms with van der Waals surface area (Å²) in [5.74, 6) is 1.00. The highest BCUT2D eigenvalue weighted by Gasteiger charge is 2.36. The van der Waals surface area contributed by atoms with Crippen molar-refractivity contribution in [1.29, 1.82) is 0 Å². The quantitative estimate of drug-likeness (QED) is 0.925. The monoisotopic (exact) mass is 318 g/mol. The number of nitrogens with one attached hydrogen (secondary N) is 1. The van der Waals surface area contributed by atoms with Crippen LogP contribution in [0.2, 0.25) is 0 Å². The number of carbonyl (C=O) groups excluding carboxylic acids is 1. The van der Waals surface area contributed by atoms with Gasteiger partial charge in [-0.05, 0) is 61.5 Å². The summed E-state index contributed by atoms with van der Waals surface area (Å²) in [7, 11) is 0. The highest BCUT2D eigenvalue weighted by atomic mass is 32.1. The van der Waals surface area contributed by atoms with E-state index in [0.29, 0.717) is 30.0 Å². The molecule has 0 radical (unpaired) electrons. The summed E-state index contributed by atoms with van der Waals surface area (Å²) >= 11 is 1.86. The molecule has 3 aliphatic heterocycles. The van der Waals surface area contributed by atoms with Crippen LogP contribution in [0.1, 0.15) is 61.9 Å². The van der Waals surface area contributed by atoms with Crippen LogP contribution in [0.3, 0.4) is 0 Å². The fraction of sp³-hybridized carbons (Fsp3) is 0.722. The molecule has 1 aromatic rings. The van der Waals surface area contributed by atoms with Crippen LogP contribution in [-0.4, -0.2) is 29.4 Å². The predicted molar refractivity (Wildman–Crippen MR) is 90.1 cm³/mol. The van der Waals surface area contributed by atoms with Gasteiger partial charge < -0.3 is 10.2 Å². The maximum Gasteiger partial charge on any atom is 0.223 e. The molecule has 0 saturated carbocycles. The van der Waals surface area contributed by atoms with Crippen molar-refractivity contribution in [3.05, 3.63) is 21.9 Å². The molecule has 4 heteroatoms. The minimum absolute atomic E-state index is 0.320. The van der Waals surface area contributed by atoms with Gasteiger partial charge in [-0.3, -0.25) is 4.79 Å². The Morgan fingerprint density at radius 1 is 1.36 bits per heavy atom. The maximum absolute atomic E-state index is 12.9. The SMILES string of the molecule is CCC1c2ccsc2CCN1C(=O)CC1CC2CCC(C1)N2. The van der Waals surface area contributed by atoms with E-state index in [0.717, 1.165) is 25.8 Å². The summed E-state index contributed by atoms with van der Waals surface area (Å²) in [5.41, 5.74) is 1.41. The topological polar surface area (TPSA) is 32.3 Å². The lowest BCUT2D eigenvalue weighted by Gasteiger charge is -2.37. The van der Waals surface area contributed by atoms with E-state index in [1.54, 1.807) is 0 Å². The molecule has 1 aromatic heterocycles. The fourth-order valence-electron chi connectivity index (χ4n) is 4.84. The number of amides is 1. The Morgan fingerprint density at radius 3 is 2.86 bits per heavy atom. The zero-order chi connectivity index (χ0) is 15.1. The lowest BCUT2D eigenvalue weighted by atomic mass is 9.88. The van der Waals surface area contributed by atoms with Gasteiger partial charge in [0.15, 0.2) is 0 Å². The molecule has 0 aliphatic carbocycles. The molecular formula is C18H26N2OS. The normalized spacial score (nSPS) is 33.8. The number of fused-ring (bicyclic) bond motifs is 3. The van der Waals surface area contributed by atoms with Gasteiger partial charge in [0.2, 0.25) is 5.91 Å². The molecule has 3 aliphatic rings. The average Bonchev–Trinajstić information content (AvgIpc) is 3.12. The molecule has 3 nitrogen and oxygen atoms in total. The molecule has 1 N–H and O–H groups in total. The van der Waals surface area contributed by atoms with E-state index in [1.807, 2.05) is 11.3 Å². The van der Waals surface area contributed by atoms with E-state index >= 15 is 0 Å². The van der Waals surface area contributed by atoms with Gasteiger partial charge in [-0.1, -0.05) is 6.92 Å². The molecule has 22 heavy (non-hydrogen) atoms. The van der Waals surface area contributed by atoms with Crippen molar-refractivity contribution < 1.29 is 4.79 Å². The first-order valence-electron chi connectivity index (χ1n) is 8.86. The second-order valence-corrected chi connectivity index (χ2v) is 8.24. The Hall–Kier alpha value is -0.870. The Balaban J connectivity index is 1.44. The van der Waals surface area contributed by atoms with Crippen molar-refractivity contribution in [1.82, 2.24) is 10.2 Å². The second kappa shape index (κ2) is 5.97. The molecule has 2 saturated heterocycles. The Kier molecular flexibility index (Phi) is 3.99. The summed E-state index contributed by atoms with van der Waals surface area (Å²) in [6.45, 7) is 3.13. The van der Waals surface area contributed by atoms with Gasteiger partial charge in [-0.25, -0.2) is 0 Å². The van der Waals surface area contributed by atoms with Crippen LogP contribution in [0.4, 0.5) is 0 Å². The van der Waals surface area contributed by atoms with Crippen LogP contribution in [-0.2, 0) is 11.2 Å². The van der Waals surface area contributed by atoms with E-state index in [-0.39, 0.29) is 0 Å². The summed E-state index contributed by atoms with van der Waals surface area (Å²) < 4.78 is 0. The Morgan fingerprint density at radius 2 is 2.14 bits per heavy atom. The second-order valence-electron chi connectivity index (χ2n) is 7.24. The van der Waals surface area contributed by atoms with Crippen molar-refractivity contribution >= 4 is 17.2 Å². The molecule has 3 atom stereocenters. The molecule has 2 bridgehead atoms. The first-order valence-corrected chi connectivity index (χ1v) is 9.74. The number of hydrogen-bond donors (Lipinski definition) is 1. The fourth-order valence-corrected chi connectivity index (χ4v) is 5.77. The van der Waals surface area contributed by atoms with Crippen molar-refractivity contribution in [2.24, 2.45) is 5.92 Å². The van der Waals surface area contributed by atoms with Crippen molar-refractivity contribution in [2.75, 3.05) is 6.54 Å². The minimum Gasteiger partial charge on any atom is -0.335 e. The molecule has 3 unspecified atom stereocenters. The molecule has 0 spiro atoms. The van der Waals surface area contributed by atoms with Crippen molar-refractivity contribution in [3.63, 3.8) is 0 Å². The summed E-state index contributed by atoms with van der Waals surface area (Å²) in [5, 5.41) is 5.87. The third kappa shape index (κ3) is 2.61. The molecule has 120 valence electrons. The van der Waals surface area contributed by atoms with Crippen LogP contribution in [0.25, 0.3) is 0 Å². The van der Waals surface area contributed by atoms with Crippen LogP contribution in [0.5, 0.6) is 0 Å². The summed E-state index contributed by atoms with van der Waals surface area (Å²) in [6, 6.07) is 3.92. The van der Waals surface area contributed by atoms with Crippen molar-refractivity contribution in [3.8, 4) is 0 Å².